The van der Waals surface area contributed by atoms with E-state index >= 15 is 0 Å². The number of methoxy groups -OCH3 is 1. The van der Waals surface area contributed by atoms with Gasteiger partial charge < -0.3 is 25.0 Å². The van der Waals surface area contributed by atoms with E-state index in [1.165, 1.54) is 5.69 Å². The highest BCUT2D eigenvalue weighted by atomic mass is 35.5. The van der Waals surface area contributed by atoms with E-state index in [1.54, 1.807) is 25.3 Å². The number of rotatable bonds is 5. The minimum atomic E-state index is -0.288. The number of urea groups is 1. The predicted octanol–water partition coefficient (Wildman–Crippen LogP) is 3.51. The molecule has 0 radical (unpaired) electrons. The normalized spacial score (nSPS) is 14.0. The van der Waals surface area contributed by atoms with Crippen molar-refractivity contribution in [2.24, 2.45) is 0 Å². The molecule has 0 spiro atoms. The summed E-state index contributed by atoms with van der Waals surface area (Å²) < 4.78 is 10.5. The number of ether oxygens (including phenoxy) is 2. The molecule has 2 amide bonds. The zero-order valence-electron chi connectivity index (χ0n) is 14.6. The third-order valence-electron chi connectivity index (χ3n) is 4.18. The first-order valence-electron chi connectivity index (χ1n) is 8.46. The molecule has 0 aromatic heterocycles. The highest BCUT2D eigenvalue weighted by Gasteiger charge is 2.11. The Kier molecular flexibility index (Phi) is 6.20. The summed E-state index contributed by atoms with van der Waals surface area (Å²) in [6.45, 7) is 3.78. The number of anilines is 2. The smallest absolute Gasteiger partial charge is 0.319 e. The Morgan fingerprint density at radius 3 is 2.58 bits per heavy atom. The lowest BCUT2D eigenvalue weighted by Crippen LogP contribution is -2.36. The lowest BCUT2D eigenvalue weighted by molar-refractivity contribution is 0.122. The number of hydrogen-bond acceptors (Lipinski definition) is 4. The van der Waals surface area contributed by atoms with Crippen LogP contribution >= 0.6 is 11.6 Å². The zero-order chi connectivity index (χ0) is 18.4. The molecular formula is C19H22ClN3O3. The fourth-order valence-electron chi connectivity index (χ4n) is 2.75. The largest absolute Gasteiger partial charge is 0.495 e. The van der Waals surface area contributed by atoms with Gasteiger partial charge in [-0.25, -0.2) is 4.79 Å². The number of halogens is 1. The maximum atomic E-state index is 12.0. The SMILES string of the molecule is COc1ccc(NC(=O)NCc2ccc(N3CCOCC3)cc2)cc1Cl. The Labute approximate surface area is 158 Å². The molecule has 0 unspecified atom stereocenters. The van der Waals surface area contributed by atoms with E-state index in [4.69, 9.17) is 21.1 Å². The van der Waals surface area contributed by atoms with Crippen LogP contribution in [-0.2, 0) is 11.3 Å². The fraction of sp³-hybridized carbons (Fsp3) is 0.316. The number of carbonyl (C=O) groups is 1. The van der Waals surface area contributed by atoms with Gasteiger partial charge in [-0.3, -0.25) is 0 Å². The summed E-state index contributed by atoms with van der Waals surface area (Å²) in [7, 11) is 1.55. The molecule has 3 rings (SSSR count). The fourth-order valence-corrected chi connectivity index (χ4v) is 3.01. The van der Waals surface area contributed by atoms with Crippen molar-refractivity contribution in [1.29, 1.82) is 0 Å². The van der Waals surface area contributed by atoms with E-state index in [0.29, 0.717) is 23.0 Å². The summed E-state index contributed by atoms with van der Waals surface area (Å²) in [4.78, 5) is 14.3. The molecule has 2 aromatic rings. The van der Waals surface area contributed by atoms with Crippen molar-refractivity contribution in [3.05, 3.63) is 53.1 Å². The van der Waals surface area contributed by atoms with E-state index in [2.05, 4.69) is 27.7 Å². The molecule has 2 N–H and O–H groups in total. The molecule has 1 saturated heterocycles. The van der Waals surface area contributed by atoms with Gasteiger partial charge in [-0.2, -0.15) is 0 Å². The average molecular weight is 376 g/mol. The van der Waals surface area contributed by atoms with E-state index in [1.807, 2.05) is 12.1 Å². The third-order valence-corrected chi connectivity index (χ3v) is 4.47. The van der Waals surface area contributed by atoms with Crippen LogP contribution in [-0.4, -0.2) is 39.4 Å². The van der Waals surface area contributed by atoms with Gasteiger partial charge in [0.05, 0.1) is 25.3 Å². The monoisotopic (exact) mass is 375 g/mol. The van der Waals surface area contributed by atoms with Crippen LogP contribution < -0.4 is 20.3 Å². The van der Waals surface area contributed by atoms with Crippen LogP contribution in [0, 0.1) is 0 Å². The maximum Gasteiger partial charge on any atom is 0.319 e. The van der Waals surface area contributed by atoms with Crippen LogP contribution in [0.25, 0.3) is 0 Å². The van der Waals surface area contributed by atoms with Crippen LogP contribution in [0.4, 0.5) is 16.2 Å². The molecule has 1 fully saturated rings. The zero-order valence-corrected chi connectivity index (χ0v) is 15.4. The van der Waals surface area contributed by atoms with Crippen LogP contribution in [0.5, 0.6) is 5.75 Å². The van der Waals surface area contributed by atoms with Crippen LogP contribution in [0.2, 0.25) is 5.02 Å². The van der Waals surface area contributed by atoms with E-state index in [-0.39, 0.29) is 6.03 Å². The summed E-state index contributed by atoms with van der Waals surface area (Å²) in [5.74, 6) is 0.568. The molecular weight excluding hydrogens is 354 g/mol. The van der Waals surface area contributed by atoms with Crippen molar-refractivity contribution in [3.63, 3.8) is 0 Å². The minimum absolute atomic E-state index is 0.288. The highest BCUT2D eigenvalue weighted by Crippen LogP contribution is 2.27. The molecule has 1 heterocycles. The molecule has 1 aliphatic rings. The summed E-state index contributed by atoms with van der Waals surface area (Å²) in [6.07, 6.45) is 0. The Hall–Kier alpha value is -2.44. The first-order chi connectivity index (χ1) is 12.7. The Balaban J connectivity index is 1.50. The maximum absolute atomic E-state index is 12.0. The lowest BCUT2D eigenvalue weighted by atomic mass is 10.2. The van der Waals surface area contributed by atoms with E-state index in [0.717, 1.165) is 31.9 Å². The second kappa shape index (κ2) is 8.78. The molecule has 6 nitrogen and oxygen atoms in total. The molecule has 0 aliphatic carbocycles. The van der Waals surface area contributed by atoms with Gasteiger partial charge in [0.2, 0.25) is 0 Å². The second-order valence-electron chi connectivity index (χ2n) is 5.92. The van der Waals surface area contributed by atoms with Gasteiger partial charge in [0.1, 0.15) is 5.75 Å². The number of benzene rings is 2. The van der Waals surface area contributed by atoms with Gasteiger partial charge in [-0.15, -0.1) is 0 Å². The Morgan fingerprint density at radius 1 is 1.19 bits per heavy atom. The molecule has 2 aromatic carbocycles. The number of hydrogen-bond donors (Lipinski definition) is 2. The van der Waals surface area contributed by atoms with Crippen molar-refractivity contribution in [1.82, 2.24) is 5.32 Å². The predicted molar refractivity (Wildman–Crippen MR) is 103 cm³/mol. The first kappa shape index (κ1) is 18.4. The van der Waals surface area contributed by atoms with Crippen LogP contribution in [0.15, 0.2) is 42.5 Å². The number of nitrogens with one attached hydrogen (secondary N) is 2. The number of carbonyl (C=O) groups excluding carboxylic acids is 1. The number of amides is 2. The van der Waals surface area contributed by atoms with Gasteiger partial charge in [0.25, 0.3) is 0 Å². The van der Waals surface area contributed by atoms with Crippen molar-refractivity contribution in [2.75, 3.05) is 43.6 Å². The van der Waals surface area contributed by atoms with Gasteiger partial charge in [0, 0.05) is 31.0 Å². The van der Waals surface area contributed by atoms with Gasteiger partial charge in [0.15, 0.2) is 0 Å². The molecule has 26 heavy (non-hydrogen) atoms. The molecule has 0 bridgehead atoms. The number of nitrogens with zero attached hydrogens (tertiary/aromatic N) is 1. The number of morpholine rings is 1. The first-order valence-corrected chi connectivity index (χ1v) is 8.83. The Bertz CT molecular complexity index is 746. The summed E-state index contributed by atoms with van der Waals surface area (Å²) >= 11 is 6.06. The molecule has 0 atom stereocenters. The van der Waals surface area contributed by atoms with Crippen LogP contribution in [0.1, 0.15) is 5.56 Å². The summed E-state index contributed by atoms with van der Waals surface area (Å²) in [6, 6.07) is 13.0. The molecule has 138 valence electrons. The molecule has 0 saturated carbocycles. The van der Waals surface area contributed by atoms with Crippen molar-refractivity contribution < 1.29 is 14.3 Å². The van der Waals surface area contributed by atoms with E-state index < -0.39 is 0 Å². The summed E-state index contributed by atoms with van der Waals surface area (Å²) in [5.41, 5.74) is 2.82. The van der Waals surface area contributed by atoms with Crippen molar-refractivity contribution in [3.8, 4) is 5.75 Å². The molecule has 7 heteroatoms. The quantitative estimate of drug-likeness (QED) is 0.839. The van der Waals surface area contributed by atoms with Gasteiger partial charge in [-0.1, -0.05) is 23.7 Å². The average Bonchev–Trinajstić information content (AvgIpc) is 2.68. The van der Waals surface area contributed by atoms with Crippen molar-refractivity contribution in [2.45, 2.75) is 6.54 Å². The second-order valence-corrected chi connectivity index (χ2v) is 6.33. The standard InChI is InChI=1S/C19H22ClN3O3/c1-25-18-7-4-15(12-17(18)20)22-19(24)21-13-14-2-5-16(6-3-14)23-8-10-26-11-9-23/h2-7,12H,8-11,13H2,1H3,(H2,21,22,24). The van der Waals surface area contributed by atoms with Gasteiger partial charge >= 0.3 is 6.03 Å². The van der Waals surface area contributed by atoms with Gasteiger partial charge in [-0.05, 0) is 35.9 Å². The summed E-state index contributed by atoms with van der Waals surface area (Å²) in [5, 5.41) is 6.04. The van der Waals surface area contributed by atoms with E-state index in [9.17, 15) is 4.79 Å². The van der Waals surface area contributed by atoms with Crippen LogP contribution in [0.3, 0.4) is 0 Å². The Morgan fingerprint density at radius 2 is 1.92 bits per heavy atom. The molecule has 1 aliphatic heterocycles. The van der Waals surface area contributed by atoms with Crippen molar-refractivity contribution >= 4 is 29.0 Å². The lowest BCUT2D eigenvalue weighted by Gasteiger charge is -2.28. The highest BCUT2D eigenvalue weighted by molar-refractivity contribution is 6.32. The third kappa shape index (κ3) is 4.80. The topological polar surface area (TPSA) is 62.8 Å². The minimum Gasteiger partial charge on any atom is -0.495 e.